The van der Waals surface area contributed by atoms with Gasteiger partial charge in [-0.15, -0.1) is 10.2 Å². The van der Waals surface area contributed by atoms with Crippen molar-refractivity contribution in [2.75, 3.05) is 44.7 Å². The van der Waals surface area contributed by atoms with Crippen LogP contribution in [0.3, 0.4) is 0 Å². The average Bonchev–Trinajstić information content (AvgIpc) is 3.46. The summed E-state index contributed by atoms with van der Waals surface area (Å²) in [5.74, 6) is 2.96. The molecule has 2 heterocycles. The van der Waals surface area contributed by atoms with E-state index in [1.165, 1.54) is 18.4 Å². The van der Waals surface area contributed by atoms with Gasteiger partial charge in [-0.1, -0.05) is 37.3 Å². The SMILES string of the molecule is CCc1nncn1CCNC(=NCC(c1ccccc1)N1CCCC1)NCCSC. The summed E-state index contributed by atoms with van der Waals surface area (Å²) >= 11 is 1.84. The Labute approximate surface area is 184 Å². The summed E-state index contributed by atoms with van der Waals surface area (Å²) in [5, 5.41) is 15.2. The van der Waals surface area contributed by atoms with Crippen molar-refractivity contribution in [2.24, 2.45) is 4.99 Å². The molecule has 1 atom stereocenters. The van der Waals surface area contributed by atoms with E-state index >= 15 is 0 Å². The maximum absolute atomic E-state index is 4.98. The van der Waals surface area contributed by atoms with Gasteiger partial charge < -0.3 is 15.2 Å². The minimum absolute atomic E-state index is 0.331. The van der Waals surface area contributed by atoms with Gasteiger partial charge in [-0.25, -0.2) is 0 Å². The molecular weight excluding hydrogens is 394 g/mol. The number of hydrogen-bond acceptors (Lipinski definition) is 5. The van der Waals surface area contributed by atoms with Crippen molar-refractivity contribution in [1.29, 1.82) is 0 Å². The van der Waals surface area contributed by atoms with Crippen LogP contribution in [0.25, 0.3) is 0 Å². The summed E-state index contributed by atoms with van der Waals surface area (Å²) in [6.45, 7) is 7.69. The van der Waals surface area contributed by atoms with Crippen molar-refractivity contribution in [1.82, 2.24) is 30.3 Å². The predicted octanol–water partition coefficient (Wildman–Crippen LogP) is 2.58. The number of nitrogens with zero attached hydrogens (tertiary/aromatic N) is 5. The number of hydrogen-bond donors (Lipinski definition) is 2. The van der Waals surface area contributed by atoms with Gasteiger partial charge in [0.15, 0.2) is 5.96 Å². The van der Waals surface area contributed by atoms with Crippen molar-refractivity contribution in [2.45, 2.75) is 38.8 Å². The van der Waals surface area contributed by atoms with E-state index in [0.29, 0.717) is 6.04 Å². The van der Waals surface area contributed by atoms with Crippen LogP contribution in [-0.4, -0.2) is 70.4 Å². The van der Waals surface area contributed by atoms with E-state index < -0.39 is 0 Å². The molecule has 1 aromatic heterocycles. The summed E-state index contributed by atoms with van der Waals surface area (Å²) in [7, 11) is 0. The van der Waals surface area contributed by atoms with Crippen LogP contribution in [-0.2, 0) is 13.0 Å². The van der Waals surface area contributed by atoms with Crippen LogP contribution in [0.15, 0.2) is 41.7 Å². The molecule has 0 radical (unpaired) electrons. The van der Waals surface area contributed by atoms with Crippen LogP contribution in [0.4, 0.5) is 0 Å². The van der Waals surface area contributed by atoms with Crippen LogP contribution < -0.4 is 10.6 Å². The Kier molecular flexibility index (Phi) is 9.50. The Morgan fingerprint density at radius 2 is 1.93 bits per heavy atom. The number of nitrogens with one attached hydrogen (secondary N) is 2. The number of aryl methyl sites for hydroxylation is 1. The molecule has 1 fully saturated rings. The van der Waals surface area contributed by atoms with Crippen molar-refractivity contribution in [3.05, 3.63) is 48.0 Å². The molecule has 0 aliphatic carbocycles. The van der Waals surface area contributed by atoms with Crippen LogP contribution in [0.2, 0.25) is 0 Å². The molecule has 1 unspecified atom stereocenters. The second kappa shape index (κ2) is 12.6. The van der Waals surface area contributed by atoms with E-state index in [4.69, 9.17) is 4.99 Å². The molecule has 1 aliphatic heterocycles. The Morgan fingerprint density at radius 3 is 2.67 bits per heavy atom. The molecule has 30 heavy (non-hydrogen) atoms. The lowest BCUT2D eigenvalue weighted by Gasteiger charge is -2.27. The second-order valence-electron chi connectivity index (χ2n) is 7.50. The standard InChI is InChI=1S/C22H35N7S/c1-3-21-27-26-18-29(21)15-11-23-22(24-12-16-30-2)25-17-20(28-13-7-8-14-28)19-9-5-4-6-10-19/h4-6,9-10,18,20H,3,7-8,11-17H2,1-2H3,(H2,23,24,25). The number of thioether (sulfide) groups is 1. The van der Waals surface area contributed by atoms with E-state index in [1.54, 1.807) is 6.33 Å². The lowest BCUT2D eigenvalue weighted by atomic mass is 10.1. The van der Waals surface area contributed by atoms with Gasteiger partial charge in [0.2, 0.25) is 0 Å². The molecule has 3 rings (SSSR count). The Hall–Kier alpha value is -2.06. The third kappa shape index (κ3) is 6.74. The molecule has 1 saturated heterocycles. The number of likely N-dealkylation sites (tertiary alicyclic amines) is 1. The smallest absolute Gasteiger partial charge is 0.191 e. The van der Waals surface area contributed by atoms with Crippen LogP contribution in [0.5, 0.6) is 0 Å². The van der Waals surface area contributed by atoms with Gasteiger partial charge in [0, 0.05) is 31.8 Å². The Bertz CT molecular complexity index is 756. The van der Waals surface area contributed by atoms with Gasteiger partial charge in [-0.2, -0.15) is 11.8 Å². The van der Waals surface area contributed by atoms with Crippen molar-refractivity contribution >= 4 is 17.7 Å². The summed E-state index contributed by atoms with van der Waals surface area (Å²) < 4.78 is 2.10. The molecular formula is C22H35N7S. The lowest BCUT2D eigenvalue weighted by Crippen LogP contribution is -2.41. The number of benzene rings is 1. The second-order valence-corrected chi connectivity index (χ2v) is 8.48. The zero-order valence-electron chi connectivity index (χ0n) is 18.3. The highest BCUT2D eigenvalue weighted by Crippen LogP contribution is 2.25. The molecule has 1 aromatic carbocycles. The fourth-order valence-electron chi connectivity index (χ4n) is 3.82. The van der Waals surface area contributed by atoms with E-state index in [9.17, 15) is 0 Å². The minimum Gasteiger partial charge on any atom is -0.356 e. The number of aliphatic imine (C=N–C) groups is 1. The van der Waals surface area contributed by atoms with Gasteiger partial charge in [0.1, 0.15) is 12.2 Å². The molecule has 0 amide bonds. The highest BCUT2D eigenvalue weighted by atomic mass is 32.2. The molecule has 8 heteroatoms. The average molecular weight is 430 g/mol. The van der Waals surface area contributed by atoms with Gasteiger partial charge in [0.25, 0.3) is 0 Å². The van der Waals surface area contributed by atoms with Gasteiger partial charge in [-0.3, -0.25) is 9.89 Å². The van der Waals surface area contributed by atoms with Crippen molar-refractivity contribution < 1.29 is 0 Å². The van der Waals surface area contributed by atoms with Crippen LogP contribution in [0.1, 0.15) is 37.2 Å². The van der Waals surface area contributed by atoms with E-state index in [0.717, 1.165) is 63.2 Å². The molecule has 2 N–H and O–H groups in total. The summed E-state index contributed by atoms with van der Waals surface area (Å²) in [6, 6.07) is 11.1. The minimum atomic E-state index is 0.331. The van der Waals surface area contributed by atoms with Crippen LogP contribution >= 0.6 is 11.8 Å². The monoisotopic (exact) mass is 429 g/mol. The highest BCUT2D eigenvalue weighted by Gasteiger charge is 2.23. The number of aromatic nitrogens is 3. The first-order valence-corrected chi connectivity index (χ1v) is 12.4. The quantitative estimate of drug-likeness (QED) is 0.325. The number of guanidine groups is 1. The van der Waals surface area contributed by atoms with Crippen LogP contribution in [0, 0.1) is 0 Å². The first-order chi connectivity index (χ1) is 14.8. The van der Waals surface area contributed by atoms with Crippen molar-refractivity contribution in [3.63, 3.8) is 0 Å². The Balaban J connectivity index is 1.64. The third-order valence-corrected chi connectivity index (χ3v) is 6.06. The topological polar surface area (TPSA) is 70.4 Å². The zero-order valence-corrected chi connectivity index (χ0v) is 19.1. The van der Waals surface area contributed by atoms with Crippen molar-refractivity contribution in [3.8, 4) is 0 Å². The molecule has 0 bridgehead atoms. The largest absolute Gasteiger partial charge is 0.356 e. The maximum atomic E-state index is 4.98. The summed E-state index contributed by atoms with van der Waals surface area (Å²) in [6.07, 6.45) is 7.38. The molecule has 164 valence electrons. The first-order valence-electron chi connectivity index (χ1n) is 11.0. The van der Waals surface area contributed by atoms with Gasteiger partial charge in [-0.05, 0) is 37.8 Å². The summed E-state index contributed by atoms with van der Waals surface area (Å²) in [4.78, 5) is 7.55. The maximum Gasteiger partial charge on any atom is 0.191 e. The number of rotatable bonds is 11. The molecule has 0 spiro atoms. The zero-order chi connectivity index (χ0) is 21.0. The predicted molar refractivity (Wildman–Crippen MR) is 126 cm³/mol. The third-order valence-electron chi connectivity index (χ3n) is 5.44. The van der Waals surface area contributed by atoms with Gasteiger partial charge in [0.05, 0.1) is 12.6 Å². The first kappa shape index (κ1) is 22.6. The van der Waals surface area contributed by atoms with E-state index in [2.05, 4.69) is 73.8 Å². The normalized spacial score (nSPS) is 16.0. The summed E-state index contributed by atoms with van der Waals surface area (Å²) in [5.41, 5.74) is 1.35. The van der Waals surface area contributed by atoms with Gasteiger partial charge >= 0.3 is 0 Å². The lowest BCUT2D eigenvalue weighted by molar-refractivity contribution is 0.251. The highest BCUT2D eigenvalue weighted by molar-refractivity contribution is 7.98. The van der Waals surface area contributed by atoms with E-state index in [1.807, 2.05) is 11.8 Å². The Morgan fingerprint density at radius 1 is 1.17 bits per heavy atom. The van der Waals surface area contributed by atoms with E-state index in [-0.39, 0.29) is 0 Å². The molecule has 1 aliphatic rings. The fraction of sp³-hybridized carbons (Fsp3) is 0.591. The fourth-order valence-corrected chi connectivity index (χ4v) is 4.12. The molecule has 0 saturated carbocycles. The molecule has 7 nitrogen and oxygen atoms in total. The molecule has 2 aromatic rings.